The maximum Gasteiger partial charge on any atom is 0.275 e. The maximum absolute atomic E-state index is 14.2. The fraction of sp³-hybridized carbons (Fsp3) is 0.300. The predicted octanol–water partition coefficient (Wildman–Crippen LogP) is 4.13. The Morgan fingerprint density at radius 1 is 1.12 bits per heavy atom. The molecule has 11 heteroatoms. The van der Waals surface area contributed by atoms with Crippen LogP contribution >= 0.6 is 0 Å². The summed E-state index contributed by atoms with van der Waals surface area (Å²) in [4.78, 5) is 42.4. The van der Waals surface area contributed by atoms with Gasteiger partial charge in [-0.15, -0.1) is 0 Å². The van der Waals surface area contributed by atoms with Crippen LogP contribution in [0.4, 0.5) is 13.2 Å². The van der Waals surface area contributed by atoms with Gasteiger partial charge in [0.1, 0.15) is 35.2 Å². The number of amides is 2. The quantitative estimate of drug-likeness (QED) is 0.434. The van der Waals surface area contributed by atoms with Crippen molar-refractivity contribution in [1.82, 2.24) is 14.8 Å². The number of aromatic nitrogens is 1. The lowest BCUT2D eigenvalue weighted by Crippen LogP contribution is -2.52. The van der Waals surface area contributed by atoms with Gasteiger partial charge in [-0.2, -0.15) is 0 Å². The summed E-state index contributed by atoms with van der Waals surface area (Å²) in [5, 5.41) is 2.34. The number of hydrogen-bond acceptors (Lipinski definition) is 5. The number of carbonyl (C=O) groups is 2. The first-order chi connectivity index (χ1) is 19.5. The molecule has 2 amide bonds. The third-order valence-electron chi connectivity index (χ3n) is 7.66. The summed E-state index contributed by atoms with van der Waals surface area (Å²) >= 11 is 0. The van der Waals surface area contributed by atoms with E-state index in [0.717, 1.165) is 5.56 Å². The summed E-state index contributed by atoms with van der Waals surface area (Å²) in [6.07, 6.45) is 4.93. The summed E-state index contributed by atoms with van der Waals surface area (Å²) in [5.74, 6) is -5.20. The first kappa shape index (κ1) is 28.2. The summed E-state index contributed by atoms with van der Waals surface area (Å²) in [6.45, 7) is 3.18. The van der Waals surface area contributed by atoms with Gasteiger partial charge in [-0.05, 0) is 19.4 Å². The molecule has 2 bridgehead atoms. The van der Waals surface area contributed by atoms with E-state index in [1.54, 1.807) is 29.2 Å². The van der Waals surface area contributed by atoms with Crippen LogP contribution in [0, 0.1) is 17.5 Å². The van der Waals surface area contributed by atoms with E-state index >= 15 is 0 Å². The average molecular weight is 568 g/mol. The number of halogens is 3. The van der Waals surface area contributed by atoms with Crippen molar-refractivity contribution in [3.63, 3.8) is 0 Å². The first-order valence-corrected chi connectivity index (χ1v) is 13.0. The van der Waals surface area contributed by atoms with Gasteiger partial charge in [0.05, 0.1) is 6.04 Å². The molecular weight excluding hydrogens is 539 g/mol. The second-order valence-corrected chi connectivity index (χ2v) is 10.2. The Kier molecular flexibility index (Phi) is 7.48. The van der Waals surface area contributed by atoms with Crippen LogP contribution in [0.2, 0.25) is 0 Å². The van der Waals surface area contributed by atoms with Crippen LogP contribution in [0.1, 0.15) is 51.9 Å². The molecule has 0 saturated heterocycles. The lowest BCUT2D eigenvalue weighted by molar-refractivity contribution is -0.0128. The zero-order valence-electron chi connectivity index (χ0n) is 22.6. The second-order valence-electron chi connectivity index (χ2n) is 10.2. The third-order valence-corrected chi connectivity index (χ3v) is 7.66. The Bertz CT molecular complexity index is 1580. The summed E-state index contributed by atoms with van der Waals surface area (Å²) in [7, 11) is 1.52. The molecule has 214 valence electrons. The van der Waals surface area contributed by atoms with Gasteiger partial charge in [0.2, 0.25) is 5.43 Å². The van der Waals surface area contributed by atoms with E-state index in [4.69, 9.17) is 9.47 Å². The smallest absolute Gasteiger partial charge is 0.275 e. The van der Waals surface area contributed by atoms with Crippen LogP contribution in [0.5, 0.6) is 5.75 Å². The van der Waals surface area contributed by atoms with Crippen LogP contribution < -0.4 is 15.5 Å². The van der Waals surface area contributed by atoms with Gasteiger partial charge in [0.15, 0.2) is 11.4 Å². The molecule has 1 aromatic heterocycles. The highest BCUT2D eigenvalue weighted by Crippen LogP contribution is 2.39. The normalized spacial score (nSPS) is 21.3. The Hall–Kier alpha value is -4.38. The molecule has 0 aliphatic carbocycles. The van der Waals surface area contributed by atoms with E-state index in [9.17, 15) is 27.6 Å². The largest absolute Gasteiger partial charge is 0.483 e. The molecule has 8 nitrogen and oxygen atoms in total. The van der Waals surface area contributed by atoms with Crippen molar-refractivity contribution in [1.29, 1.82) is 0 Å². The van der Waals surface area contributed by atoms with Crippen molar-refractivity contribution in [2.75, 3.05) is 13.7 Å². The molecule has 0 radical (unpaired) electrons. The number of ether oxygens (including phenoxy) is 2. The van der Waals surface area contributed by atoms with E-state index in [1.807, 2.05) is 32.1 Å². The topological polar surface area (TPSA) is 89.9 Å². The van der Waals surface area contributed by atoms with Gasteiger partial charge in [-0.3, -0.25) is 14.4 Å². The lowest BCUT2D eigenvalue weighted by Gasteiger charge is -2.42. The highest BCUT2D eigenvalue weighted by atomic mass is 19.1. The standard InChI is InChI=1S/C30H28F3N3O5/c1-17-9-10-30(2,40-3)24-15-35(17)29(39)25-27(41-16-18-7-5-4-6-8-18)26(37)21(14-36(24)25)28(38)34-13-20-22(32)11-19(31)12-23(20)33/h4-12,14,17,24H,13,15-16H2,1-3H3,(H,34,38)/t17-,24+,30-/m0/s1. The molecule has 0 spiro atoms. The van der Waals surface area contributed by atoms with Crippen molar-refractivity contribution in [2.45, 2.75) is 44.7 Å². The first-order valence-electron chi connectivity index (χ1n) is 13.0. The molecule has 2 aromatic carbocycles. The molecular formula is C30H28F3N3O5. The monoisotopic (exact) mass is 567 g/mol. The maximum atomic E-state index is 14.2. The molecule has 3 heterocycles. The van der Waals surface area contributed by atoms with Gasteiger partial charge in [0.25, 0.3) is 11.8 Å². The van der Waals surface area contributed by atoms with Crippen LogP contribution in [0.15, 0.2) is 65.6 Å². The molecule has 0 saturated carbocycles. The van der Waals surface area contributed by atoms with E-state index in [2.05, 4.69) is 5.32 Å². The number of methoxy groups -OCH3 is 1. The fourth-order valence-electron chi connectivity index (χ4n) is 5.14. The Morgan fingerprint density at radius 2 is 1.80 bits per heavy atom. The number of nitrogens with zero attached hydrogens (tertiary/aromatic N) is 2. The van der Waals surface area contributed by atoms with Crippen molar-refractivity contribution in [3.8, 4) is 5.75 Å². The number of fused-ring (bicyclic) bond motifs is 4. The second kappa shape index (κ2) is 10.9. The molecule has 3 aromatic rings. The van der Waals surface area contributed by atoms with E-state index in [1.165, 1.54) is 17.9 Å². The minimum Gasteiger partial charge on any atom is -0.483 e. The Labute approximate surface area is 234 Å². The number of rotatable bonds is 7. The summed E-state index contributed by atoms with van der Waals surface area (Å²) < 4.78 is 55.0. The minimum absolute atomic E-state index is 0.0341. The highest BCUT2D eigenvalue weighted by molar-refractivity contribution is 5.99. The summed E-state index contributed by atoms with van der Waals surface area (Å²) in [6, 6.07) is 9.10. The molecule has 1 N–H and O–H groups in total. The van der Waals surface area contributed by atoms with E-state index in [-0.39, 0.29) is 30.6 Å². The third kappa shape index (κ3) is 5.13. The Balaban J connectivity index is 1.61. The number of hydrogen-bond donors (Lipinski definition) is 1. The number of pyridine rings is 1. The van der Waals surface area contributed by atoms with E-state index < -0.39 is 64.0 Å². The van der Waals surface area contributed by atoms with Gasteiger partial charge in [-0.25, -0.2) is 13.2 Å². The SMILES string of the molecule is CO[C@@]1(C)C=C[C@H](C)N2C[C@H]1n1cc(C(=O)NCc3c(F)cc(F)cc3F)c(=O)c(OCc3ccccc3)c1C2=O. The molecule has 5 rings (SSSR count). The number of carbonyl (C=O) groups excluding carboxylic acids is 2. The zero-order valence-corrected chi connectivity index (χ0v) is 22.6. The lowest BCUT2D eigenvalue weighted by atomic mass is 9.93. The molecule has 2 aliphatic heterocycles. The zero-order chi connectivity index (χ0) is 29.5. The van der Waals surface area contributed by atoms with Gasteiger partial charge in [-0.1, -0.05) is 42.5 Å². The molecule has 0 unspecified atom stereocenters. The van der Waals surface area contributed by atoms with E-state index in [0.29, 0.717) is 12.1 Å². The number of benzene rings is 2. The minimum atomic E-state index is -1.18. The predicted molar refractivity (Wildman–Crippen MR) is 143 cm³/mol. The van der Waals surface area contributed by atoms with Crippen LogP contribution in [0.25, 0.3) is 0 Å². The molecule has 0 fully saturated rings. The highest BCUT2D eigenvalue weighted by Gasteiger charge is 2.46. The van der Waals surface area contributed by atoms with Crippen molar-refractivity contribution in [3.05, 3.63) is 111 Å². The van der Waals surface area contributed by atoms with Crippen LogP contribution in [-0.4, -0.2) is 46.6 Å². The molecule has 3 atom stereocenters. The van der Waals surface area contributed by atoms with Gasteiger partial charge in [0, 0.05) is 50.1 Å². The van der Waals surface area contributed by atoms with Crippen LogP contribution in [-0.2, 0) is 17.9 Å². The molecule has 2 aliphatic rings. The van der Waals surface area contributed by atoms with Gasteiger partial charge >= 0.3 is 0 Å². The van der Waals surface area contributed by atoms with Crippen molar-refractivity contribution < 1.29 is 32.2 Å². The Morgan fingerprint density at radius 3 is 2.46 bits per heavy atom. The van der Waals surface area contributed by atoms with Crippen molar-refractivity contribution in [2.24, 2.45) is 0 Å². The van der Waals surface area contributed by atoms with Crippen LogP contribution in [0.3, 0.4) is 0 Å². The van der Waals surface area contributed by atoms with Gasteiger partial charge < -0.3 is 24.3 Å². The summed E-state index contributed by atoms with van der Waals surface area (Å²) in [5.41, 5.74) is -2.08. The molecule has 41 heavy (non-hydrogen) atoms. The number of nitrogens with one attached hydrogen (secondary N) is 1. The average Bonchev–Trinajstić information content (AvgIpc) is 3.06. The fourth-order valence-corrected chi connectivity index (χ4v) is 5.14. The van der Waals surface area contributed by atoms with Crippen molar-refractivity contribution >= 4 is 11.8 Å².